The van der Waals surface area contributed by atoms with Crippen molar-refractivity contribution in [1.82, 2.24) is 19.0 Å². The van der Waals surface area contributed by atoms with Gasteiger partial charge in [0.25, 0.3) is 0 Å². The fourth-order valence-electron chi connectivity index (χ4n) is 4.89. The molecular weight excluding hydrogens is 516 g/mol. The molecule has 3 rings (SSSR count). The molecule has 0 radical (unpaired) electrons. The third-order valence-corrected chi connectivity index (χ3v) is 9.43. The number of hydrogen-bond acceptors (Lipinski definition) is 5. The predicted octanol–water partition coefficient (Wildman–Crippen LogP) is 5.56. The molecule has 0 aliphatic heterocycles. The Morgan fingerprint density at radius 2 is 0.850 bits per heavy atom. The molecule has 0 atom stereocenters. The van der Waals surface area contributed by atoms with E-state index in [1.807, 2.05) is 72.8 Å². The van der Waals surface area contributed by atoms with Crippen molar-refractivity contribution < 1.29 is 8.42 Å². The van der Waals surface area contributed by atoms with Crippen LogP contribution in [-0.4, -0.2) is 79.8 Å². The van der Waals surface area contributed by atoms with E-state index in [4.69, 9.17) is 0 Å². The molecule has 0 spiro atoms. The molecule has 0 bridgehead atoms. The van der Waals surface area contributed by atoms with Gasteiger partial charge in [-0.2, -0.15) is 4.31 Å². The number of likely N-dealkylation sites (N-methyl/N-ethyl adjacent to an activating group) is 2. The third-order valence-electron chi connectivity index (χ3n) is 7.62. The summed E-state index contributed by atoms with van der Waals surface area (Å²) < 4.78 is 29.3. The summed E-state index contributed by atoms with van der Waals surface area (Å²) in [5.74, 6) is 0. The van der Waals surface area contributed by atoms with Crippen LogP contribution in [0.2, 0.25) is 0 Å². The SMILES string of the molecule is CCN(CC)CCN(CCN(CC)CC)Cc1ccc(S(=O)(=O)N(Cc2ccccc2)Cc2ccccc2)cc1. The van der Waals surface area contributed by atoms with Crippen molar-refractivity contribution in [2.45, 2.75) is 52.2 Å². The molecule has 0 saturated carbocycles. The maximum absolute atomic E-state index is 13.9. The van der Waals surface area contributed by atoms with Gasteiger partial charge in [-0.3, -0.25) is 4.90 Å². The third kappa shape index (κ3) is 9.82. The van der Waals surface area contributed by atoms with Crippen LogP contribution in [0.15, 0.2) is 89.8 Å². The molecule has 40 heavy (non-hydrogen) atoms. The van der Waals surface area contributed by atoms with Gasteiger partial charge in [0, 0.05) is 45.8 Å². The molecule has 0 saturated heterocycles. The molecule has 0 fully saturated rings. The monoisotopic (exact) mass is 564 g/mol. The molecule has 7 heteroatoms. The van der Waals surface area contributed by atoms with Gasteiger partial charge in [0.05, 0.1) is 4.90 Å². The molecule has 218 valence electrons. The molecule has 0 aliphatic carbocycles. The van der Waals surface area contributed by atoms with Gasteiger partial charge in [-0.25, -0.2) is 8.42 Å². The summed E-state index contributed by atoms with van der Waals surface area (Å²) >= 11 is 0. The number of rotatable bonds is 18. The maximum atomic E-state index is 13.9. The Hall–Kier alpha value is -2.55. The molecule has 0 unspecified atom stereocenters. The van der Waals surface area contributed by atoms with Gasteiger partial charge in [-0.15, -0.1) is 0 Å². The Morgan fingerprint density at radius 3 is 1.25 bits per heavy atom. The topological polar surface area (TPSA) is 47.1 Å². The predicted molar refractivity (Wildman–Crippen MR) is 167 cm³/mol. The summed E-state index contributed by atoms with van der Waals surface area (Å²) in [6.07, 6.45) is 0. The molecule has 0 aromatic heterocycles. The second kappa shape index (κ2) is 16.7. The van der Waals surface area contributed by atoms with E-state index in [1.54, 1.807) is 16.4 Å². The Morgan fingerprint density at radius 1 is 0.475 bits per heavy atom. The van der Waals surface area contributed by atoms with Crippen LogP contribution in [0.4, 0.5) is 0 Å². The first-order chi connectivity index (χ1) is 19.4. The lowest BCUT2D eigenvalue weighted by molar-refractivity contribution is 0.180. The van der Waals surface area contributed by atoms with Crippen LogP contribution in [0.5, 0.6) is 0 Å². The lowest BCUT2D eigenvalue weighted by atomic mass is 10.2. The summed E-state index contributed by atoms with van der Waals surface area (Å²) in [6.45, 7) is 18.5. The highest BCUT2D eigenvalue weighted by Gasteiger charge is 2.25. The Balaban J connectivity index is 1.77. The van der Waals surface area contributed by atoms with Crippen LogP contribution < -0.4 is 0 Å². The van der Waals surface area contributed by atoms with Crippen LogP contribution in [-0.2, 0) is 29.7 Å². The highest BCUT2D eigenvalue weighted by Crippen LogP contribution is 2.22. The second-order valence-corrected chi connectivity index (χ2v) is 12.2. The lowest BCUT2D eigenvalue weighted by Crippen LogP contribution is -2.39. The van der Waals surface area contributed by atoms with Crippen LogP contribution in [0, 0.1) is 0 Å². The van der Waals surface area contributed by atoms with Crippen LogP contribution >= 0.6 is 0 Å². The Kier molecular flexibility index (Phi) is 13.3. The molecule has 3 aromatic rings. The van der Waals surface area contributed by atoms with Crippen molar-refractivity contribution in [2.75, 3.05) is 52.4 Å². The summed E-state index contributed by atoms with van der Waals surface area (Å²) in [6, 6.07) is 27.1. The average molecular weight is 565 g/mol. The van der Waals surface area contributed by atoms with E-state index < -0.39 is 10.0 Å². The molecule has 0 amide bonds. The Bertz CT molecular complexity index is 1140. The number of benzene rings is 3. The molecule has 0 N–H and O–H groups in total. The van der Waals surface area contributed by atoms with Crippen molar-refractivity contribution in [3.05, 3.63) is 102 Å². The minimum Gasteiger partial charge on any atom is -0.303 e. The highest BCUT2D eigenvalue weighted by molar-refractivity contribution is 7.89. The van der Waals surface area contributed by atoms with E-state index in [0.29, 0.717) is 18.0 Å². The van der Waals surface area contributed by atoms with E-state index in [2.05, 4.69) is 42.4 Å². The number of nitrogens with zero attached hydrogens (tertiary/aromatic N) is 4. The standard InChI is InChI=1S/C33H48N4O2S/c1-5-34(6-2)23-25-36(26-24-35(7-3)8-4)27-32-19-21-33(22-20-32)40(38,39)37(28-30-15-11-9-12-16-30)29-31-17-13-10-14-18-31/h9-22H,5-8,23-29H2,1-4H3. The Labute approximate surface area is 243 Å². The van der Waals surface area contributed by atoms with E-state index >= 15 is 0 Å². The van der Waals surface area contributed by atoms with Gasteiger partial charge in [-0.05, 0) is 55.0 Å². The average Bonchev–Trinajstić information content (AvgIpc) is 2.99. The molecule has 0 aliphatic rings. The van der Waals surface area contributed by atoms with Gasteiger partial charge in [-0.1, -0.05) is 100 Å². The number of sulfonamides is 1. The van der Waals surface area contributed by atoms with E-state index in [1.165, 1.54) is 0 Å². The van der Waals surface area contributed by atoms with Crippen molar-refractivity contribution in [3.63, 3.8) is 0 Å². The highest BCUT2D eigenvalue weighted by atomic mass is 32.2. The zero-order chi connectivity index (χ0) is 28.8. The summed E-state index contributed by atoms with van der Waals surface area (Å²) in [7, 11) is -3.69. The van der Waals surface area contributed by atoms with Gasteiger partial charge in [0.15, 0.2) is 0 Å². The minimum absolute atomic E-state index is 0.324. The molecular formula is C33H48N4O2S. The second-order valence-electron chi connectivity index (χ2n) is 10.2. The smallest absolute Gasteiger partial charge is 0.243 e. The van der Waals surface area contributed by atoms with Crippen molar-refractivity contribution in [2.24, 2.45) is 0 Å². The van der Waals surface area contributed by atoms with Crippen molar-refractivity contribution in [1.29, 1.82) is 0 Å². The van der Waals surface area contributed by atoms with Crippen molar-refractivity contribution in [3.8, 4) is 0 Å². The van der Waals surface area contributed by atoms with E-state index in [-0.39, 0.29) is 0 Å². The summed E-state index contributed by atoms with van der Waals surface area (Å²) in [5, 5.41) is 0. The first-order valence-corrected chi connectivity index (χ1v) is 16.2. The lowest BCUT2D eigenvalue weighted by Gasteiger charge is -2.29. The van der Waals surface area contributed by atoms with E-state index in [0.717, 1.165) is 75.6 Å². The van der Waals surface area contributed by atoms with Crippen LogP contribution in [0.25, 0.3) is 0 Å². The normalized spacial score (nSPS) is 12.2. The minimum atomic E-state index is -3.69. The van der Waals surface area contributed by atoms with Gasteiger partial charge >= 0.3 is 0 Å². The fraction of sp³-hybridized carbons (Fsp3) is 0.455. The first-order valence-electron chi connectivity index (χ1n) is 14.7. The molecule has 6 nitrogen and oxygen atoms in total. The fourth-order valence-corrected chi connectivity index (χ4v) is 6.31. The summed E-state index contributed by atoms with van der Waals surface area (Å²) in [4.78, 5) is 7.74. The molecule has 0 heterocycles. The van der Waals surface area contributed by atoms with Gasteiger partial charge in [0.1, 0.15) is 0 Å². The zero-order valence-electron chi connectivity index (χ0n) is 24.9. The maximum Gasteiger partial charge on any atom is 0.243 e. The van der Waals surface area contributed by atoms with Gasteiger partial charge < -0.3 is 9.80 Å². The van der Waals surface area contributed by atoms with E-state index in [9.17, 15) is 8.42 Å². The summed E-state index contributed by atoms with van der Waals surface area (Å²) in [5.41, 5.74) is 3.07. The quantitative estimate of drug-likeness (QED) is 0.202. The van der Waals surface area contributed by atoms with Crippen molar-refractivity contribution >= 4 is 10.0 Å². The van der Waals surface area contributed by atoms with Gasteiger partial charge in [0.2, 0.25) is 10.0 Å². The zero-order valence-corrected chi connectivity index (χ0v) is 25.7. The molecule has 3 aromatic carbocycles. The van der Waals surface area contributed by atoms with Crippen LogP contribution in [0.3, 0.4) is 0 Å². The van der Waals surface area contributed by atoms with Crippen LogP contribution in [0.1, 0.15) is 44.4 Å². The first kappa shape index (κ1) is 32.0. The number of hydrogen-bond donors (Lipinski definition) is 0. The largest absolute Gasteiger partial charge is 0.303 e.